The highest BCUT2D eigenvalue weighted by atomic mass is 32.2. The Morgan fingerprint density at radius 2 is 2.10 bits per heavy atom. The lowest BCUT2D eigenvalue weighted by Gasteiger charge is -2.22. The van der Waals surface area contributed by atoms with Crippen molar-refractivity contribution in [3.63, 3.8) is 0 Å². The zero-order chi connectivity index (χ0) is 16.2. The monoisotopic (exact) mass is 315 g/mol. The average Bonchev–Trinajstić information content (AvgIpc) is 2.77. The molecule has 1 heterocycles. The van der Waals surface area contributed by atoms with Gasteiger partial charge in [-0.2, -0.15) is 8.42 Å². The minimum absolute atomic E-state index is 0.167. The van der Waals surface area contributed by atoms with Crippen LogP contribution < -0.4 is 10.5 Å². The third-order valence-corrected chi connectivity index (χ3v) is 3.15. The van der Waals surface area contributed by atoms with E-state index in [9.17, 15) is 8.42 Å². The van der Waals surface area contributed by atoms with Crippen molar-refractivity contribution in [2.75, 3.05) is 7.11 Å². The van der Waals surface area contributed by atoms with Gasteiger partial charge in [0, 0.05) is 0 Å². The predicted molar refractivity (Wildman–Crippen MR) is 80.9 cm³/mol. The Bertz CT molecular complexity index is 632. The Morgan fingerprint density at radius 1 is 1.48 bits per heavy atom. The lowest BCUT2D eigenvalue weighted by Crippen LogP contribution is -2.29. The maximum Gasteiger partial charge on any atom is 0.320 e. The van der Waals surface area contributed by atoms with Crippen molar-refractivity contribution in [1.82, 2.24) is 5.32 Å². The van der Waals surface area contributed by atoms with Crippen LogP contribution in [0.2, 0.25) is 0 Å². The SMILES string of the molecule is C=C(N[C@@H](c1ccc(C)o1)C(C)C)C(=NS(N)(=O)=O)OC. The van der Waals surface area contributed by atoms with Gasteiger partial charge in [0.2, 0.25) is 5.90 Å². The molecule has 1 atom stereocenters. The molecule has 118 valence electrons. The molecule has 1 aromatic rings. The molecular weight excluding hydrogens is 294 g/mol. The lowest BCUT2D eigenvalue weighted by molar-refractivity contribution is 0.348. The van der Waals surface area contributed by atoms with Crippen molar-refractivity contribution in [3.8, 4) is 0 Å². The van der Waals surface area contributed by atoms with Crippen molar-refractivity contribution < 1.29 is 17.6 Å². The molecule has 21 heavy (non-hydrogen) atoms. The number of hydrogen-bond donors (Lipinski definition) is 2. The van der Waals surface area contributed by atoms with E-state index in [0.29, 0.717) is 0 Å². The van der Waals surface area contributed by atoms with Crippen molar-refractivity contribution in [3.05, 3.63) is 35.9 Å². The maximum atomic E-state index is 11.0. The van der Waals surface area contributed by atoms with E-state index in [1.807, 2.05) is 32.9 Å². The van der Waals surface area contributed by atoms with E-state index in [-0.39, 0.29) is 23.6 Å². The highest BCUT2D eigenvalue weighted by molar-refractivity contribution is 7.88. The first-order valence-electron chi connectivity index (χ1n) is 6.33. The topological polar surface area (TPSA) is 107 Å². The molecule has 0 radical (unpaired) electrons. The van der Waals surface area contributed by atoms with Crippen LogP contribution in [0.4, 0.5) is 0 Å². The molecule has 1 rings (SSSR count). The van der Waals surface area contributed by atoms with Gasteiger partial charge in [0.05, 0.1) is 18.8 Å². The third-order valence-electron chi connectivity index (χ3n) is 2.73. The van der Waals surface area contributed by atoms with Gasteiger partial charge in [-0.25, -0.2) is 5.14 Å². The van der Waals surface area contributed by atoms with E-state index < -0.39 is 10.2 Å². The number of rotatable bonds is 6. The first kappa shape index (κ1) is 17.3. The van der Waals surface area contributed by atoms with Crippen LogP contribution in [0.5, 0.6) is 0 Å². The summed E-state index contributed by atoms with van der Waals surface area (Å²) in [4.78, 5) is 0. The van der Waals surface area contributed by atoms with Gasteiger partial charge < -0.3 is 14.5 Å². The second-order valence-electron chi connectivity index (χ2n) is 4.91. The highest BCUT2D eigenvalue weighted by Gasteiger charge is 2.22. The molecule has 0 saturated carbocycles. The van der Waals surface area contributed by atoms with Crippen molar-refractivity contribution in [1.29, 1.82) is 0 Å². The first-order chi connectivity index (χ1) is 9.64. The molecule has 8 heteroatoms. The van der Waals surface area contributed by atoms with Crippen LogP contribution in [0.25, 0.3) is 0 Å². The maximum absolute atomic E-state index is 11.0. The van der Waals surface area contributed by atoms with Gasteiger partial charge in [-0.05, 0) is 25.0 Å². The summed E-state index contributed by atoms with van der Waals surface area (Å²) in [6.45, 7) is 9.57. The normalized spacial score (nSPS) is 14.1. The molecule has 0 aliphatic rings. The van der Waals surface area contributed by atoms with Crippen LogP contribution in [0.3, 0.4) is 0 Å². The van der Waals surface area contributed by atoms with Crippen LogP contribution in [-0.4, -0.2) is 21.4 Å². The standard InChI is InChI=1S/C13H21N3O4S/c1-8(2)12(11-7-6-9(3)20-11)15-10(4)13(19-5)16-21(14,17)18/h6-8,12,15H,4H2,1-3,5H3,(H2,14,17,18)/t12-/m1/s1. The summed E-state index contributed by atoms with van der Waals surface area (Å²) in [5, 5.41) is 7.93. The van der Waals surface area contributed by atoms with Gasteiger partial charge in [-0.3, -0.25) is 0 Å². The highest BCUT2D eigenvalue weighted by Crippen LogP contribution is 2.24. The molecule has 1 aromatic heterocycles. The van der Waals surface area contributed by atoms with Crippen molar-refractivity contribution in [2.45, 2.75) is 26.8 Å². The Labute approximate surface area is 125 Å². The van der Waals surface area contributed by atoms with Crippen LogP contribution in [-0.2, 0) is 14.9 Å². The van der Waals surface area contributed by atoms with Gasteiger partial charge in [-0.1, -0.05) is 20.4 Å². The molecule has 0 amide bonds. The number of aryl methyl sites for hydroxylation is 1. The third kappa shape index (κ3) is 5.24. The smallest absolute Gasteiger partial charge is 0.320 e. The number of hydrogen-bond acceptors (Lipinski definition) is 5. The number of furan rings is 1. The second-order valence-corrected chi connectivity index (χ2v) is 6.12. The van der Waals surface area contributed by atoms with Crippen molar-refractivity contribution in [2.24, 2.45) is 15.5 Å². The largest absolute Gasteiger partial charge is 0.479 e. The number of ether oxygens (including phenoxy) is 1. The second kappa shape index (κ2) is 6.77. The van der Waals surface area contributed by atoms with Crippen LogP contribution in [0, 0.1) is 12.8 Å². The number of nitrogens with one attached hydrogen (secondary N) is 1. The minimum atomic E-state index is -4.06. The molecule has 0 bridgehead atoms. The zero-order valence-electron chi connectivity index (χ0n) is 12.6. The zero-order valence-corrected chi connectivity index (χ0v) is 13.4. The van der Waals surface area contributed by atoms with Gasteiger partial charge in [0.15, 0.2) is 0 Å². The first-order valence-corrected chi connectivity index (χ1v) is 7.83. The summed E-state index contributed by atoms with van der Waals surface area (Å²) < 4.78 is 35.8. The number of nitrogens with two attached hydrogens (primary N) is 1. The molecule has 0 spiro atoms. The molecule has 0 unspecified atom stereocenters. The van der Waals surface area contributed by atoms with Crippen LogP contribution >= 0.6 is 0 Å². The summed E-state index contributed by atoms with van der Waals surface area (Å²) in [5.74, 6) is 1.48. The minimum Gasteiger partial charge on any atom is -0.479 e. The Balaban J connectivity index is 2.99. The van der Waals surface area contributed by atoms with Gasteiger partial charge >= 0.3 is 10.2 Å². The fourth-order valence-corrected chi connectivity index (χ4v) is 2.18. The van der Waals surface area contributed by atoms with Gasteiger partial charge in [0.1, 0.15) is 11.5 Å². The molecule has 0 fully saturated rings. The van der Waals surface area contributed by atoms with Gasteiger partial charge in [-0.15, -0.1) is 4.40 Å². The fraction of sp³-hybridized carbons (Fsp3) is 0.462. The van der Waals surface area contributed by atoms with Crippen LogP contribution in [0.1, 0.15) is 31.4 Å². The van der Waals surface area contributed by atoms with E-state index in [2.05, 4.69) is 16.3 Å². The lowest BCUT2D eigenvalue weighted by atomic mass is 10.0. The number of nitrogens with zero attached hydrogens (tertiary/aromatic N) is 1. The van der Waals surface area contributed by atoms with E-state index >= 15 is 0 Å². The molecule has 0 saturated heterocycles. The van der Waals surface area contributed by atoms with Crippen LogP contribution in [0.15, 0.2) is 33.2 Å². The Morgan fingerprint density at radius 3 is 2.48 bits per heavy atom. The van der Waals surface area contributed by atoms with E-state index in [1.165, 1.54) is 7.11 Å². The Hall–Kier alpha value is -1.80. The summed E-state index contributed by atoms with van der Waals surface area (Å²) in [7, 11) is -2.77. The fourth-order valence-electron chi connectivity index (χ4n) is 1.77. The molecule has 0 aromatic carbocycles. The van der Waals surface area contributed by atoms with Crippen molar-refractivity contribution >= 4 is 16.1 Å². The van der Waals surface area contributed by atoms with E-state index in [4.69, 9.17) is 14.3 Å². The quantitative estimate of drug-likeness (QED) is 0.613. The molecule has 0 aliphatic carbocycles. The van der Waals surface area contributed by atoms with E-state index in [0.717, 1.165) is 11.5 Å². The molecule has 7 nitrogen and oxygen atoms in total. The Kier molecular flexibility index (Phi) is 5.56. The summed E-state index contributed by atoms with van der Waals surface area (Å²) in [5.41, 5.74) is 0.208. The average molecular weight is 315 g/mol. The molecule has 3 N–H and O–H groups in total. The van der Waals surface area contributed by atoms with Gasteiger partial charge in [0.25, 0.3) is 0 Å². The molecular formula is C13H21N3O4S. The summed E-state index contributed by atoms with van der Waals surface area (Å²) >= 11 is 0. The summed E-state index contributed by atoms with van der Waals surface area (Å²) in [6.07, 6.45) is 0. The molecule has 0 aliphatic heterocycles. The number of methoxy groups -OCH3 is 1. The summed E-state index contributed by atoms with van der Waals surface area (Å²) in [6, 6.07) is 3.50. The van der Waals surface area contributed by atoms with E-state index in [1.54, 1.807) is 0 Å². The predicted octanol–water partition coefficient (Wildman–Crippen LogP) is 1.64.